The molecule has 0 unspecified atom stereocenters. The van der Waals surface area contributed by atoms with Crippen molar-refractivity contribution in [2.75, 3.05) is 10.9 Å². The first kappa shape index (κ1) is 20.5. The van der Waals surface area contributed by atoms with Crippen LogP contribution >= 0.6 is 0 Å². The fraction of sp³-hybridized carbons (Fsp3) is 0.136. The van der Waals surface area contributed by atoms with Crippen molar-refractivity contribution in [2.24, 2.45) is 0 Å². The molecule has 0 saturated heterocycles. The average molecular weight is 413 g/mol. The number of carbonyl (C=O) groups is 1. The van der Waals surface area contributed by atoms with Crippen molar-refractivity contribution in [1.29, 1.82) is 0 Å². The van der Waals surface area contributed by atoms with Crippen LogP contribution in [0, 0.1) is 19.7 Å². The molecular weight excluding hydrogens is 393 g/mol. The summed E-state index contributed by atoms with van der Waals surface area (Å²) in [6.07, 6.45) is 0. The Morgan fingerprint density at radius 2 is 1.45 bits per heavy atom. The summed E-state index contributed by atoms with van der Waals surface area (Å²) in [5.41, 5.74) is 1.98. The van der Waals surface area contributed by atoms with E-state index in [4.69, 9.17) is 4.74 Å². The van der Waals surface area contributed by atoms with Gasteiger partial charge in [0.2, 0.25) is 0 Å². The molecule has 5 nitrogen and oxygen atoms in total. The van der Waals surface area contributed by atoms with Gasteiger partial charge in [-0.2, -0.15) is 4.31 Å². The van der Waals surface area contributed by atoms with Gasteiger partial charge >= 0.3 is 0 Å². The maximum absolute atomic E-state index is 13.8. The van der Waals surface area contributed by atoms with Crippen molar-refractivity contribution < 1.29 is 22.3 Å². The summed E-state index contributed by atoms with van der Waals surface area (Å²) in [7, 11) is -4.19. The van der Waals surface area contributed by atoms with Crippen LogP contribution in [0.3, 0.4) is 0 Å². The first-order valence-electron chi connectivity index (χ1n) is 8.88. The largest absolute Gasteiger partial charge is 0.481 e. The summed E-state index contributed by atoms with van der Waals surface area (Å²) < 4.78 is 46.2. The number of nitrogens with zero attached hydrogens (tertiary/aromatic N) is 1. The highest BCUT2D eigenvalue weighted by Gasteiger charge is 2.31. The highest BCUT2D eigenvalue weighted by atomic mass is 32.2. The van der Waals surface area contributed by atoms with E-state index in [0.717, 1.165) is 11.1 Å². The summed E-state index contributed by atoms with van der Waals surface area (Å²) >= 11 is 0. The van der Waals surface area contributed by atoms with Gasteiger partial charge in [0.05, 0.1) is 10.6 Å². The Morgan fingerprint density at radius 1 is 0.897 bits per heavy atom. The predicted molar refractivity (Wildman–Crippen MR) is 109 cm³/mol. The summed E-state index contributed by atoms with van der Waals surface area (Å²) in [5.74, 6) is -1.60. The van der Waals surface area contributed by atoms with Crippen molar-refractivity contribution in [1.82, 2.24) is 0 Å². The Morgan fingerprint density at radius 3 is 2.03 bits per heavy atom. The van der Waals surface area contributed by atoms with E-state index >= 15 is 0 Å². The molecule has 0 aliphatic heterocycles. The Balaban J connectivity index is 1.96. The number of aryl methyl sites for hydroxylation is 2. The molecule has 0 aromatic heterocycles. The number of sulfonamides is 1. The van der Waals surface area contributed by atoms with E-state index in [-0.39, 0.29) is 16.3 Å². The van der Waals surface area contributed by atoms with E-state index in [1.165, 1.54) is 30.3 Å². The van der Waals surface area contributed by atoms with Crippen LogP contribution in [-0.2, 0) is 14.8 Å². The Labute approximate surface area is 169 Å². The quantitative estimate of drug-likeness (QED) is 0.606. The number of benzene rings is 3. The highest BCUT2D eigenvalue weighted by molar-refractivity contribution is 7.93. The second-order valence-electron chi connectivity index (χ2n) is 6.53. The number of amides is 1. The first-order valence-corrected chi connectivity index (χ1v) is 10.3. The summed E-state index contributed by atoms with van der Waals surface area (Å²) in [4.78, 5) is 12.9. The standard InChI is InChI=1S/C22H20FNO4S/c1-16-7-11-18(12-8-16)24(29(26,27)19-13-9-17(2)10-14-19)22(25)15-28-21-6-4-3-5-20(21)23/h3-14H,15H2,1-2H3. The third-order valence-electron chi connectivity index (χ3n) is 4.24. The fourth-order valence-corrected chi connectivity index (χ4v) is 4.08. The van der Waals surface area contributed by atoms with Gasteiger partial charge in [-0.05, 0) is 50.2 Å². The zero-order valence-corrected chi connectivity index (χ0v) is 16.8. The zero-order valence-electron chi connectivity index (χ0n) is 16.0. The molecule has 150 valence electrons. The van der Waals surface area contributed by atoms with Gasteiger partial charge in [-0.25, -0.2) is 12.8 Å². The minimum Gasteiger partial charge on any atom is -0.481 e. The van der Waals surface area contributed by atoms with E-state index in [2.05, 4.69) is 0 Å². The van der Waals surface area contributed by atoms with Crippen LogP contribution in [0.2, 0.25) is 0 Å². The van der Waals surface area contributed by atoms with Crippen molar-refractivity contribution >= 4 is 21.6 Å². The molecule has 0 radical (unpaired) electrons. The molecule has 0 spiro atoms. The molecule has 7 heteroatoms. The summed E-state index contributed by atoms with van der Waals surface area (Å²) in [6, 6.07) is 18.3. The average Bonchev–Trinajstić information content (AvgIpc) is 2.69. The molecule has 0 bridgehead atoms. The minimum atomic E-state index is -4.19. The van der Waals surface area contributed by atoms with Crippen molar-refractivity contribution in [2.45, 2.75) is 18.7 Å². The smallest absolute Gasteiger partial charge is 0.278 e. The van der Waals surface area contributed by atoms with Gasteiger partial charge in [0.15, 0.2) is 18.2 Å². The number of ether oxygens (including phenoxy) is 1. The van der Waals surface area contributed by atoms with Gasteiger partial charge in [0.1, 0.15) is 0 Å². The maximum Gasteiger partial charge on any atom is 0.278 e. The van der Waals surface area contributed by atoms with Crippen molar-refractivity contribution in [3.63, 3.8) is 0 Å². The zero-order chi connectivity index (χ0) is 21.0. The van der Waals surface area contributed by atoms with Crippen molar-refractivity contribution in [3.05, 3.63) is 89.7 Å². The second kappa shape index (κ2) is 8.45. The maximum atomic E-state index is 13.8. The van der Waals surface area contributed by atoms with Crippen LogP contribution in [-0.4, -0.2) is 20.9 Å². The number of rotatable bonds is 6. The molecule has 3 aromatic rings. The van der Waals surface area contributed by atoms with Crippen LogP contribution < -0.4 is 9.04 Å². The number of hydrogen-bond donors (Lipinski definition) is 0. The van der Waals surface area contributed by atoms with E-state index in [1.807, 2.05) is 13.8 Å². The lowest BCUT2D eigenvalue weighted by molar-refractivity contribution is -0.119. The molecule has 3 rings (SSSR count). The Kier molecular flexibility index (Phi) is 5.98. The lowest BCUT2D eigenvalue weighted by Crippen LogP contribution is -2.40. The lowest BCUT2D eigenvalue weighted by Gasteiger charge is -2.23. The molecule has 29 heavy (non-hydrogen) atoms. The van der Waals surface area contributed by atoms with Gasteiger partial charge in [-0.3, -0.25) is 4.79 Å². The van der Waals surface area contributed by atoms with Crippen LogP contribution in [0.4, 0.5) is 10.1 Å². The monoisotopic (exact) mass is 413 g/mol. The number of hydrogen-bond acceptors (Lipinski definition) is 4. The topological polar surface area (TPSA) is 63.7 Å². The summed E-state index contributed by atoms with van der Waals surface area (Å²) in [5, 5.41) is 0. The highest BCUT2D eigenvalue weighted by Crippen LogP contribution is 2.25. The normalized spacial score (nSPS) is 11.1. The van der Waals surface area contributed by atoms with Crippen LogP contribution in [0.5, 0.6) is 5.75 Å². The number of para-hydroxylation sites is 1. The molecule has 0 N–H and O–H groups in total. The molecule has 0 heterocycles. The molecule has 3 aromatic carbocycles. The summed E-state index contributed by atoms with van der Waals surface area (Å²) in [6.45, 7) is 3.05. The van der Waals surface area contributed by atoms with E-state index in [9.17, 15) is 17.6 Å². The number of anilines is 1. The molecule has 0 fully saturated rings. The number of carbonyl (C=O) groups excluding carboxylic acids is 1. The van der Waals surface area contributed by atoms with Gasteiger partial charge in [-0.15, -0.1) is 0 Å². The molecule has 0 atom stereocenters. The Hall–Kier alpha value is -3.19. The minimum absolute atomic E-state index is 0.0251. The van der Waals surface area contributed by atoms with E-state index in [1.54, 1.807) is 42.5 Å². The fourth-order valence-electron chi connectivity index (χ4n) is 2.67. The Bertz CT molecular complexity index is 1110. The molecule has 1 amide bonds. The lowest BCUT2D eigenvalue weighted by atomic mass is 10.2. The number of halogens is 1. The van der Waals surface area contributed by atoms with Crippen LogP contribution in [0.1, 0.15) is 11.1 Å². The van der Waals surface area contributed by atoms with Crippen LogP contribution in [0.15, 0.2) is 77.7 Å². The van der Waals surface area contributed by atoms with Gasteiger partial charge < -0.3 is 4.74 Å². The van der Waals surface area contributed by atoms with Gasteiger partial charge in [-0.1, -0.05) is 47.5 Å². The first-order chi connectivity index (χ1) is 13.8. The molecule has 0 saturated carbocycles. The van der Waals surface area contributed by atoms with Crippen LogP contribution in [0.25, 0.3) is 0 Å². The third kappa shape index (κ3) is 4.63. The van der Waals surface area contributed by atoms with Gasteiger partial charge in [0.25, 0.3) is 15.9 Å². The molecule has 0 aliphatic carbocycles. The van der Waals surface area contributed by atoms with Crippen molar-refractivity contribution in [3.8, 4) is 5.75 Å². The predicted octanol–water partition coefficient (Wildman–Crippen LogP) is 4.24. The second-order valence-corrected chi connectivity index (χ2v) is 8.32. The molecular formula is C22H20FNO4S. The van der Waals surface area contributed by atoms with E-state index in [0.29, 0.717) is 4.31 Å². The van der Waals surface area contributed by atoms with Gasteiger partial charge in [0, 0.05) is 0 Å². The SMILES string of the molecule is Cc1ccc(N(C(=O)COc2ccccc2F)S(=O)(=O)c2ccc(C)cc2)cc1. The molecule has 0 aliphatic rings. The third-order valence-corrected chi connectivity index (χ3v) is 6.01. The van der Waals surface area contributed by atoms with E-state index < -0.39 is 28.4 Å².